The summed E-state index contributed by atoms with van der Waals surface area (Å²) in [6.07, 6.45) is 2.69. The summed E-state index contributed by atoms with van der Waals surface area (Å²) in [5, 5.41) is 9.98. The molecule has 0 spiro atoms. The van der Waals surface area contributed by atoms with Gasteiger partial charge < -0.3 is 28.6 Å². The molecule has 27 heavy (non-hydrogen) atoms. The molecule has 3 heterocycles. The van der Waals surface area contributed by atoms with E-state index in [2.05, 4.69) is 23.4 Å². The third kappa shape index (κ3) is 3.42. The smallest absolute Gasteiger partial charge is 0.161 e. The first-order valence-corrected chi connectivity index (χ1v) is 9.33. The summed E-state index contributed by atoms with van der Waals surface area (Å²) in [5.41, 5.74) is 0.927. The molecular weight excluding hydrogens is 348 g/mol. The van der Waals surface area contributed by atoms with Gasteiger partial charge >= 0.3 is 0 Å². The summed E-state index contributed by atoms with van der Waals surface area (Å²) in [6.45, 7) is 5.65. The van der Waals surface area contributed by atoms with Crippen LogP contribution in [0.4, 0.5) is 0 Å². The van der Waals surface area contributed by atoms with E-state index in [0.717, 1.165) is 17.1 Å². The van der Waals surface area contributed by atoms with Crippen molar-refractivity contribution in [3.63, 3.8) is 0 Å². The van der Waals surface area contributed by atoms with Crippen LogP contribution in [0.5, 0.6) is 11.5 Å². The van der Waals surface area contributed by atoms with Crippen LogP contribution >= 0.6 is 0 Å². The van der Waals surface area contributed by atoms with E-state index < -0.39 is 6.10 Å². The molecule has 2 aliphatic heterocycles. The minimum atomic E-state index is -0.565. The first-order valence-electron chi connectivity index (χ1n) is 9.33. The normalized spacial score (nSPS) is 27.1. The lowest BCUT2D eigenvalue weighted by Gasteiger charge is -2.20. The molecule has 4 rings (SSSR count). The van der Waals surface area contributed by atoms with Gasteiger partial charge in [0.15, 0.2) is 11.5 Å². The molecule has 0 aliphatic carbocycles. The summed E-state index contributed by atoms with van der Waals surface area (Å²) >= 11 is 0. The number of benzene rings is 1. The Hall–Kier alpha value is -2.09. The van der Waals surface area contributed by atoms with Crippen LogP contribution in [-0.2, 0) is 9.47 Å². The zero-order valence-corrected chi connectivity index (χ0v) is 15.9. The number of aliphatic hydroxyl groups excluding tert-OH is 1. The third-order valence-corrected chi connectivity index (χ3v) is 5.02. The minimum Gasteiger partial charge on any atom is -0.493 e. The van der Waals surface area contributed by atoms with Crippen LogP contribution in [0.25, 0.3) is 11.4 Å². The number of hydrogen-bond acceptors (Lipinski definition) is 6. The Labute approximate surface area is 158 Å². The number of fused-ring (bicyclic) bond motifs is 1. The fraction of sp³-hybridized carbons (Fsp3) is 0.550. The lowest BCUT2D eigenvalue weighted by atomic mass is 10.1. The van der Waals surface area contributed by atoms with E-state index >= 15 is 0 Å². The van der Waals surface area contributed by atoms with Crippen LogP contribution < -0.4 is 9.47 Å². The first-order chi connectivity index (χ1) is 13.1. The Balaban J connectivity index is 1.61. The molecule has 2 aromatic rings. The molecule has 0 bridgehead atoms. The van der Waals surface area contributed by atoms with Crippen molar-refractivity contribution < 1.29 is 24.1 Å². The van der Waals surface area contributed by atoms with E-state index in [9.17, 15) is 5.11 Å². The van der Waals surface area contributed by atoms with Gasteiger partial charge in [0.05, 0.1) is 33.0 Å². The van der Waals surface area contributed by atoms with Gasteiger partial charge in [-0.1, -0.05) is 13.8 Å². The number of imidazole rings is 1. The number of methoxy groups -OCH3 is 1. The second-order valence-electron chi connectivity index (χ2n) is 7.46. The largest absolute Gasteiger partial charge is 0.493 e. The van der Waals surface area contributed by atoms with Crippen molar-refractivity contribution in [2.75, 3.05) is 26.9 Å². The van der Waals surface area contributed by atoms with Crippen molar-refractivity contribution in [2.24, 2.45) is 5.92 Å². The van der Waals surface area contributed by atoms with Gasteiger partial charge in [0.25, 0.3) is 0 Å². The second kappa shape index (κ2) is 7.50. The van der Waals surface area contributed by atoms with Crippen molar-refractivity contribution in [1.82, 2.24) is 9.55 Å². The summed E-state index contributed by atoms with van der Waals surface area (Å²) in [6, 6.07) is 5.81. The molecular formula is C20H26N2O5. The predicted octanol–water partition coefficient (Wildman–Crippen LogP) is 2.29. The molecule has 7 nitrogen and oxygen atoms in total. The van der Waals surface area contributed by atoms with Gasteiger partial charge in [-0.05, 0) is 24.1 Å². The van der Waals surface area contributed by atoms with Crippen molar-refractivity contribution in [3.05, 3.63) is 30.6 Å². The Morgan fingerprint density at radius 2 is 2.04 bits per heavy atom. The highest BCUT2D eigenvalue weighted by Crippen LogP contribution is 2.38. The molecule has 2 fully saturated rings. The third-order valence-electron chi connectivity index (χ3n) is 5.02. The van der Waals surface area contributed by atoms with E-state index in [1.54, 1.807) is 13.3 Å². The van der Waals surface area contributed by atoms with Crippen LogP contribution in [0.3, 0.4) is 0 Å². The predicted molar refractivity (Wildman–Crippen MR) is 99.1 cm³/mol. The highest BCUT2D eigenvalue weighted by atomic mass is 16.6. The Kier molecular flexibility index (Phi) is 5.08. The van der Waals surface area contributed by atoms with Gasteiger partial charge in [-0.15, -0.1) is 0 Å². The average Bonchev–Trinajstić information content (AvgIpc) is 3.37. The zero-order valence-electron chi connectivity index (χ0n) is 15.9. The van der Waals surface area contributed by atoms with Gasteiger partial charge in [-0.25, -0.2) is 4.98 Å². The first kappa shape index (κ1) is 18.3. The van der Waals surface area contributed by atoms with E-state index in [1.807, 2.05) is 24.4 Å². The Morgan fingerprint density at radius 3 is 2.81 bits per heavy atom. The van der Waals surface area contributed by atoms with Gasteiger partial charge in [0.2, 0.25) is 0 Å². The maximum absolute atomic E-state index is 9.98. The van der Waals surface area contributed by atoms with E-state index in [-0.39, 0.29) is 18.2 Å². The molecule has 0 radical (unpaired) electrons. The van der Waals surface area contributed by atoms with Crippen LogP contribution in [0.15, 0.2) is 30.6 Å². The van der Waals surface area contributed by atoms with Gasteiger partial charge in [-0.2, -0.15) is 0 Å². The summed E-state index contributed by atoms with van der Waals surface area (Å²) in [7, 11) is 1.64. The fourth-order valence-corrected chi connectivity index (χ4v) is 3.68. The maximum Gasteiger partial charge on any atom is 0.161 e. The molecule has 0 unspecified atom stereocenters. The summed E-state index contributed by atoms with van der Waals surface area (Å²) in [5.74, 6) is 2.64. The Bertz CT molecular complexity index is 790. The highest BCUT2D eigenvalue weighted by Gasteiger charge is 2.48. The highest BCUT2D eigenvalue weighted by molar-refractivity contribution is 5.61. The monoisotopic (exact) mass is 374 g/mol. The number of aliphatic hydroxyl groups is 1. The SMILES string of the molecule is COc1cc(-c2nccn2[C@@H]2CO[C@H]3[C@@H]2OC[C@H]3O)ccc1OCC(C)C. The molecule has 146 valence electrons. The fourth-order valence-electron chi connectivity index (χ4n) is 3.68. The molecule has 1 N–H and O–H groups in total. The summed E-state index contributed by atoms with van der Waals surface area (Å²) < 4.78 is 25.0. The molecule has 2 aliphatic rings. The molecule has 4 atom stereocenters. The van der Waals surface area contributed by atoms with Crippen LogP contribution in [0, 0.1) is 5.92 Å². The number of ether oxygens (including phenoxy) is 4. The number of aromatic nitrogens is 2. The van der Waals surface area contributed by atoms with Gasteiger partial charge in [-0.3, -0.25) is 0 Å². The van der Waals surface area contributed by atoms with E-state index in [1.165, 1.54) is 0 Å². The topological polar surface area (TPSA) is 75.0 Å². The van der Waals surface area contributed by atoms with Crippen molar-refractivity contribution >= 4 is 0 Å². The lowest BCUT2D eigenvalue weighted by molar-refractivity contribution is 0.0172. The molecule has 1 aromatic heterocycles. The molecule has 0 saturated carbocycles. The van der Waals surface area contributed by atoms with E-state index in [4.69, 9.17) is 18.9 Å². The lowest BCUT2D eigenvalue weighted by Crippen LogP contribution is -2.30. The quantitative estimate of drug-likeness (QED) is 0.836. The van der Waals surface area contributed by atoms with E-state index in [0.29, 0.717) is 31.5 Å². The molecule has 1 aromatic carbocycles. The minimum absolute atomic E-state index is 0.0208. The standard InChI is InChI=1S/C20H26N2O5/c1-12(2)9-25-16-5-4-13(8-17(16)24-3)20-21-6-7-22(20)14-10-26-19-15(23)11-27-18(14)19/h4-8,12,14-15,18-19,23H,9-11H2,1-3H3/t14-,15-,18-,19-/m1/s1. The number of hydrogen-bond donors (Lipinski definition) is 1. The number of rotatable bonds is 6. The van der Waals surface area contributed by atoms with Crippen LogP contribution in [0.1, 0.15) is 19.9 Å². The van der Waals surface area contributed by atoms with Gasteiger partial charge in [0, 0.05) is 18.0 Å². The van der Waals surface area contributed by atoms with Crippen molar-refractivity contribution in [3.8, 4) is 22.9 Å². The maximum atomic E-state index is 9.98. The second-order valence-corrected chi connectivity index (χ2v) is 7.46. The average molecular weight is 374 g/mol. The number of nitrogens with zero attached hydrogens (tertiary/aromatic N) is 2. The van der Waals surface area contributed by atoms with Crippen LogP contribution in [0.2, 0.25) is 0 Å². The van der Waals surface area contributed by atoms with Crippen molar-refractivity contribution in [2.45, 2.75) is 38.2 Å². The Morgan fingerprint density at radius 1 is 1.22 bits per heavy atom. The summed E-state index contributed by atoms with van der Waals surface area (Å²) in [4.78, 5) is 4.54. The molecule has 2 saturated heterocycles. The van der Waals surface area contributed by atoms with Crippen LogP contribution in [-0.4, -0.2) is 59.9 Å². The molecule has 0 amide bonds. The molecule has 7 heteroatoms. The van der Waals surface area contributed by atoms with Gasteiger partial charge in [0.1, 0.15) is 24.1 Å². The zero-order chi connectivity index (χ0) is 19.0. The van der Waals surface area contributed by atoms with Crippen molar-refractivity contribution in [1.29, 1.82) is 0 Å².